The lowest BCUT2D eigenvalue weighted by Crippen LogP contribution is -2.29. The van der Waals surface area contributed by atoms with Crippen molar-refractivity contribution in [3.05, 3.63) is 35.8 Å². The molecule has 1 unspecified atom stereocenters. The van der Waals surface area contributed by atoms with Gasteiger partial charge in [-0.1, -0.05) is 38.3 Å². The molecule has 1 saturated carbocycles. The highest BCUT2D eigenvalue weighted by Gasteiger charge is 2.27. The van der Waals surface area contributed by atoms with Gasteiger partial charge in [0.25, 0.3) is 0 Å². The van der Waals surface area contributed by atoms with Gasteiger partial charge in [-0.3, -0.25) is 0 Å². The Morgan fingerprint density at radius 2 is 2.10 bits per heavy atom. The lowest BCUT2D eigenvalue weighted by atomic mass is 9.83. The Bertz CT molecular complexity index is 571. The first kappa shape index (κ1) is 13.6. The Morgan fingerprint density at radius 1 is 1.30 bits per heavy atom. The Balaban J connectivity index is 1.93. The highest BCUT2D eigenvalue weighted by Crippen LogP contribution is 2.36. The number of rotatable bonds is 4. The topological polar surface area (TPSA) is 25.2 Å². The molecule has 1 N–H and O–H groups in total. The fraction of sp³-hybridized carbons (Fsp3) is 0.529. The van der Waals surface area contributed by atoms with E-state index in [-0.39, 0.29) is 11.9 Å². The summed E-state index contributed by atoms with van der Waals surface area (Å²) in [6.07, 6.45) is 6.39. The van der Waals surface area contributed by atoms with Gasteiger partial charge >= 0.3 is 0 Å². The third-order valence-corrected chi connectivity index (χ3v) is 4.37. The van der Waals surface area contributed by atoms with Crippen LogP contribution in [0.1, 0.15) is 50.8 Å². The van der Waals surface area contributed by atoms with Gasteiger partial charge in [0.05, 0.1) is 6.04 Å². The molecule has 2 aromatic rings. The quantitative estimate of drug-likeness (QED) is 0.866. The minimum Gasteiger partial charge on any atom is -0.456 e. The summed E-state index contributed by atoms with van der Waals surface area (Å²) in [5.74, 6) is 1.22. The van der Waals surface area contributed by atoms with Gasteiger partial charge in [0.1, 0.15) is 5.76 Å². The van der Waals surface area contributed by atoms with Crippen LogP contribution in [0.25, 0.3) is 11.0 Å². The minimum atomic E-state index is -0.271. The molecule has 0 aliphatic heterocycles. The first-order valence-electron chi connectivity index (χ1n) is 7.71. The van der Waals surface area contributed by atoms with Crippen LogP contribution < -0.4 is 5.32 Å². The number of hydrogen-bond acceptors (Lipinski definition) is 2. The van der Waals surface area contributed by atoms with Crippen molar-refractivity contribution in [2.45, 2.75) is 45.1 Å². The fourth-order valence-electron chi connectivity index (χ4n) is 3.39. The third-order valence-electron chi connectivity index (χ3n) is 4.37. The third kappa shape index (κ3) is 2.59. The molecule has 1 fully saturated rings. The second kappa shape index (κ2) is 5.96. The van der Waals surface area contributed by atoms with Crippen molar-refractivity contribution in [3.8, 4) is 0 Å². The first-order chi connectivity index (χ1) is 9.79. The van der Waals surface area contributed by atoms with Gasteiger partial charge in [-0.2, -0.15) is 0 Å². The molecular formula is C17H22FNO. The maximum atomic E-state index is 13.8. The molecule has 0 amide bonds. The highest BCUT2D eigenvalue weighted by molar-refractivity contribution is 5.78. The van der Waals surface area contributed by atoms with Gasteiger partial charge in [0.2, 0.25) is 0 Å². The van der Waals surface area contributed by atoms with Crippen molar-refractivity contribution in [2.75, 3.05) is 6.54 Å². The van der Waals surface area contributed by atoms with Crippen LogP contribution in [0.5, 0.6) is 0 Å². The zero-order valence-corrected chi connectivity index (χ0v) is 12.0. The summed E-state index contributed by atoms with van der Waals surface area (Å²) in [5, 5.41) is 4.39. The predicted molar refractivity (Wildman–Crippen MR) is 79.2 cm³/mol. The molecule has 1 aromatic heterocycles. The molecule has 2 nitrogen and oxygen atoms in total. The summed E-state index contributed by atoms with van der Waals surface area (Å²) >= 11 is 0. The maximum absolute atomic E-state index is 13.8. The number of furan rings is 1. The maximum Gasteiger partial charge on any atom is 0.169 e. The summed E-state index contributed by atoms with van der Waals surface area (Å²) in [6.45, 7) is 3.01. The number of hydrogen-bond donors (Lipinski definition) is 1. The Kier molecular flexibility index (Phi) is 4.06. The van der Waals surface area contributed by atoms with E-state index in [1.54, 1.807) is 6.07 Å². The van der Waals surface area contributed by atoms with Crippen LogP contribution in [-0.4, -0.2) is 6.54 Å². The Hall–Kier alpha value is -1.35. The van der Waals surface area contributed by atoms with Gasteiger partial charge in [-0.05, 0) is 37.4 Å². The van der Waals surface area contributed by atoms with E-state index in [0.29, 0.717) is 11.5 Å². The number of fused-ring (bicyclic) bond motifs is 1. The molecule has 1 aliphatic rings. The van der Waals surface area contributed by atoms with Crippen molar-refractivity contribution in [1.29, 1.82) is 0 Å². The van der Waals surface area contributed by atoms with Gasteiger partial charge < -0.3 is 9.73 Å². The Morgan fingerprint density at radius 3 is 2.80 bits per heavy atom. The number of nitrogens with one attached hydrogen (secondary N) is 1. The zero-order valence-electron chi connectivity index (χ0n) is 12.0. The Labute approximate surface area is 119 Å². The minimum absolute atomic E-state index is 0.215. The van der Waals surface area contributed by atoms with Gasteiger partial charge in [0.15, 0.2) is 11.4 Å². The van der Waals surface area contributed by atoms with Gasteiger partial charge in [0, 0.05) is 5.39 Å². The number of para-hydroxylation sites is 1. The molecule has 1 aliphatic carbocycles. The van der Waals surface area contributed by atoms with Crippen LogP contribution >= 0.6 is 0 Å². The number of benzene rings is 1. The monoisotopic (exact) mass is 275 g/mol. The first-order valence-corrected chi connectivity index (χ1v) is 7.71. The highest BCUT2D eigenvalue weighted by atomic mass is 19.1. The van der Waals surface area contributed by atoms with E-state index in [1.807, 2.05) is 12.1 Å². The molecule has 1 heterocycles. The molecule has 108 valence electrons. The molecule has 3 rings (SSSR count). The average molecular weight is 275 g/mol. The van der Waals surface area contributed by atoms with Crippen molar-refractivity contribution in [1.82, 2.24) is 5.32 Å². The van der Waals surface area contributed by atoms with Crippen molar-refractivity contribution in [2.24, 2.45) is 5.92 Å². The lowest BCUT2D eigenvalue weighted by molar-refractivity contribution is 0.249. The summed E-state index contributed by atoms with van der Waals surface area (Å²) in [7, 11) is 0. The second-order valence-electron chi connectivity index (χ2n) is 5.74. The van der Waals surface area contributed by atoms with Crippen molar-refractivity contribution >= 4 is 11.0 Å². The summed E-state index contributed by atoms with van der Waals surface area (Å²) < 4.78 is 19.6. The smallest absolute Gasteiger partial charge is 0.169 e. The summed E-state index contributed by atoms with van der Waals surface area (Å²) in [4.78, 5) is 0. The van der Waals surface area contributed by atoms with Gasteiger partial charge in [-0.15, -0.1) is 0 Å². The van der Waals surface area contributed by atoms with E-state index in [9.17, 15) is 4.39 Å². The lowest BCUT2D eigenvalue weighted by Gasteiger charge is -2.29. The molecule has 0 radical (unpaired) electrons. The van der Waals surface area contributed by atoms with E-state index in [2.05, 4.69) is 12.2 Å². The molecule has 1 atom stereocenters. The zero-order chi connectivity index (χ0) is 13.9. The van der Waals surface area contributed by atoms with Crippen LogP contribution in [0, 0.1) is 11.7 Å². The SMILES string of the molecule is CCNC(c1cc2cccc(F)c2o1)C1CCCCC1. The largest absolute Gasteiger partial charge is 0.456 e. The van der Waals surface area contributed by atoms with E-state index < -0.39 is 0 Å². The molecule has 20 heavy (non-hydrogen) atoms. The number of halogens is 1. The summed E-state index contributed by atoms with van der Waals surface area (Å²) in [6, 6.07) is 7.32. The van der Waals surface area contributed by atoms with Crippen LogP contribution in [0.2, 0.25) is 0 Å². The molecular weight excluding hydrogens is 253 g/mol. The van der Waals surface area contributed by atoms with Crippen LogP contribution in [0.15, 0.2) is 28.7 Å². The molecule has 3 heteroatoms. The van der Waals surface area contributed by atoms with Crippen molar-refractivity contribution < 1.29 is 8.81 Å². The van der Waals surface area contributed by atoms with Crippen molar-refractivity contribution in [3.63, 3.8) is 0 Å². The molecule has 0 spiro atoms. The van der Waals surface area contributed by atoms with E-state index >= 15 is 0 Å². The van der Waals surface area contributed by atoms with Gasteiger partial charge in [-0.25, -0.2) is 4.39 Å². The standard InChI is InChI=1S/C17H22FNO/c1-2-19-16(12-7-4-3-5-8-12)15-11-13-9-6-10-14(18)17(13)20-15/h6,9-12,16,19H,2-5,7-8H2,1H3. The van der Waals surface area contributed by atoms with E-state index in [0.717, 1.165) is 17.7 Å². The van der Waals surface area contributed by atoms with E-state index in [4.69, 9.17) is 4.42 Å². The van der Waals surface area contributed by atoms with Crippen LogP contribution in [0.3, 0.4) is 0 Å². The van der Waals surface area contributed by atoms with Crippen LogP contribution in [-0.2, 0) is 0 Å². The second-order valence-corrected chi connectivity index (χ2v) is 5.74. The molecule has 0 saturated heterocycles. The molecule has 0 bridgehead atoms. The summed E-state index contributed by atoms with van der Waals surface area (Å²) in [5.41, 5.74) is 0.390. The molecule has 1 aromatic carbocycles. The van der Waals surface area contributed by atoms with Crippen LogP contribution in [0.4, 0.5) is 4.39 Å². The normalized spacial score (nSPS) is 18.5. The fourth-order valence-corrected chi connectivity index (χ4v) is 3.39. The average Bonchev–Trinajstić information content (AvgIpc) is 2.91. The predicted octanol–water partition coefficient (Wildman–Crippen LogP) is 4.80. The van der Waals surface area contributed by atoms with E-state index in [1.165, 1.54) is 38.2 Å².